The summed E-state index contributed by atoms with van der Waals surface area (Å²) in [5.74, 6) is -3.73. The average Bonchev–Trinajstić information content (AvgIpc) is 3.87. The number of pyridine rings is 1. The number of aryl methyl sites for hydroxylation is 1. The molecule has 4 heterocycles. The van der Waals surface area contributed by atoms with Gasteiger partial charge in [-0.1, -0.05) is 12.2 Å². The second-order valence-electron chi connectivity index (χ2n) is 14.0. The van der Waals surface area contributed by atoms with Gasteiger partial charge in [-0.2, -0.15) is 24.9 Å². The topological polar surface area (TPSA) is 191 Å². The first-order valence-corrected chi connectivity index (χ1v) is 20.8. The summed E-state index contributed by atoms with van der Waals surface area (Å²) in [4.78, 5) is 56.7. The number of anilines is 1. The van der Waals surface area contributed by atoms with Crippen LogP contribution in [0.25, 0.3) is 11.0 Å². The SMILES string of the molecule is CC(=C=C(C)NC(=O)CCc1cnc2[nH]cc(C(=O)c3c(F)ccc(NS(=O)(=O)c4ccc(C(F)(F)F)cc4)c3F)c2c1)NC(=O)CCCCC1SCC2NC(=O)NC21. The lowest BCUT2D eigenvalue weighted by molar-refractivity contribution is -0.137. The highest BCUT2D eigenvalue weighted by Gasteiger charge is 2.42. The van der Waals surface area contributed by atoms with Crippen molar-refractivity contribution < 1.29 is 49.5 Å². The number of unbranched alkanes of at least 4 members (excludes halogenated alkanes) is 1. The fourth-order valence-electron chi connectivity index (χ4n) is 6.79. The normalized spacial score (nSPS) is 17.4. The van der Waals surface area contributed by atoms with Gasteiger partial charge in [0.2, 0.25) is 17.6 Å². The molecule has 6 rings (SSSR count). The summed E-state index contributed by atoms with van der Waals surface area (Å²) in [7, 11) is -4.66. The van der Waals surface area contributed by atoms with Gasteiger partial charge in [0.1, 0.15) is 11.5 Å². The second kappa shape index (κ2) is 17.6. The molecule has 2 fully saturated rings. The monoisotopic (exact) mass is 859 g/mol. The number of carbonyl (C=O) groups excluding carboxylic acids is 4. The summed E-state index contributed by atoms with van der Waals surface area (Å²) < 4.78 is 97.1. The molecule has 2 aromatic heterocycles. The summed E-state index contributed by atoms with van der Waals surface area (Å²) in [6.07, 6.45) is 0.717. The van der Waals surface area contributed by atoms with Gasteiger partial charge in [-0.25, -0.2) is 27.0 Å². The molecule has 4 aromatic rings. The molecule has 0 saturated carbocycles. The molecule has 0 aliphatic carbocycles. The molecule has 2 aromatic carbocycles. The number of ketones is 1. The zero-order valence-electron chi connectivity index (χ0n) is 31.5. The molecular formula is C39H38F5N7O6S2. The number of fused-ring (bicyclic) bond motifs is 2. The van der Waals surface area contributed by atoms with Gasteiger partial charge in [0.15, 0.2) is 5.82 Å². The van der Waals surface area contributed by atoms with Gasteiger partial charge in [-0.15, -0.1) is 0 Å². The molecule has 13 nitrogen and oxygen atoms in total. The lowest BCUT2D eigenvalue weighted by atomic mass is 10.0. The number of sulfonamides is 1. The van der Waals surface area contributed by atoms with Crippen LogP contribution in [0, 0.1) is 11.6 Å². The van der Waals surface area contributed by atoms with Crippen molar-refractivity contribution in [3.8, 4) is 0 Å². The number of thioether (sulfide) groups is 1. The number of amides is 4. The molecule has 3 unspecified atom stereocenters. The smallest absolute Gasteiger partial charge is 0.345 e. The van der Waals surface area contributed by atoms with Crippen molar-refractivity contribution in [1.29, 1.82) is 0 Å². The maximum atomic E-state index is 15.7. The zero-order valence-corrected chi connectivity index (χ0v) is 33.1. The Hall–Kier alpha value is -5.72. The van der Waals surface area contributed by atoms with E-state index >= 15 is 8.78 Å². The van der Waals surface area contributed by atoms with Crippen molar-refractivity contribution in [2.45, 2.75) is 80.8 Å². The predicted molar refractivity (Wildman–Crippen MR) is 209 cm³/mol. The number of benzene rings is 2. The molecule has 2 aliphatic rings. The number of hydrogen-bond acceptors (Lipinski definition) is 8. The number of nitrogens with one attached hydrogen (secondary N) is 6. The highest BCUT2D eigenvalue weighted by molar-refractivity contribution is 8.00. The molecule has 2 saturated heterocycles. The molecule has 0 spiro atoms. The number of aromatic amines is 1. The molecule has 3 atom stereocenters. The van der Waals surface area contributed by atoms with E-state index in [9.17, 15) is 40.8 Å². The predicted octanol–water partition coefficient (Wildman–Crippen LogP) is 6.19. The van der Waals surface area contributed by atoms with Crippen LogP contribution in [0.2, 0.25) is 0 Å². The van der Waals surface area contributed by atoms with Crippen LogP contribution in [0.4, 0.5) is 32.4 Å². The lowest BCUT2D eigenvalue weighted by Gasteiger charge is -2.16. The van der Waals surface area contributed by atoms with Crippen molar-refractivity contribution in [3.63, 3.8) is 0 Å². The fraction of sp³-hybridized carbons (Fsp3) is 0.333. The number of urea groups is 1. The number of allylic oxidation sites excluding steroid dienone is 1. The highest BCUT2D eigenvalue weighted by Crippen LogP contribution is 2.34. The summed E-state index contributed by atoms with van der Waals surface area (Å²) in [6.45, 7) is 3.25. The van der Waals surface area contributed by atoms with Crippen LogP contribution < -0.4 is 26.0 Å². The molecule has 59 heavy (non-hydrogen) atoms. The molecule has 6 N–H and O–H groups in total. The Morgan fingerprint density at radius 2 is 1.66 bits per heavy atom. The number of alkyl halides is 3. The minimum absolute atomic E-state index is 0.0314. The third-order valence-corrected chi connectivity index (χ3v) is 12.5. The van der Waals surface area contributed by atoms with Gasteiger partial charge in [0.05, 0.1) is 45.2 Å². The van der Waals surface area contributed by atoms with Crippen LogP contribution in [-0.2, 0) is 32.2 Å². The Balaban J connectivity index is 1.03. The van der Waals surface area contributed by atoms with E-state index in [1.54, 1.807) is 13.8 Å². The van der Waals surface area contributed by atoms with E-state index in [1.165, 1.54) is 18.5 Å². The van der Waals surface area contributed by atoms with E-state index in [1.807, 2.05) is 16.5 Å². The van der Waals surface area contributed by atoms with E-state index in [0.29, 0.717) is 65.4 Å². The molecular weight excluding hydrogens is 822 g/mol. The number of nitrogens with zero attached hydrogens (tertiary/aromatic N) is 1. The van der Waals surface area contributed by atoms with E-state index in [4.69, 9.17) is 0 Å². The fourth-order valence-corrected chi connectivity index (χ4v) is 9.39. The van der Waals surface area contributed by atoms with Crippen LogP contribution in [0.1, 0.15) is 73.0 Å². The van der Waals surface area contributed by atoms with Gasteiger partial charge in [-0.05, 0) is 81.1 Å². The molecule has 0 radical (unpaired) electrons. The second-order valence-corrected chi connectivity index (χ2v) is 17.0. The number of halogens is 5. The van der Waals surface area contributed by atoms with Crippen molar-refractivity contribution in [1.82, 2.24) is 31.2 Å². The van der Waals surface area contributed by atoms with E-state index in [-0.39, 0.29) is 59.4 Å². The number of carbonyl (C=O) groups is 4. The van der Waals surface area contributed by atoms with Gasteiger partial charge in [-0.3, -0.25) is 19.1 Å². The number of hydrogen-bond donors (Lipinski definition) is 6. The first kappa shape index (κ1) is 42.9. The van der Waals surface area contributed by atoms with Crippen molar-refractivity contribution in [3.05, 3.63) is 106 Å². The van der Waals surface area contributed by atoms with E-state index in [2.05, 4.69) is 37.0 Å². The van der Waals surface area contributed by atoms with Crippen molar-refractivity contribution >= 4 is 62.1 Å². The standard InChI is InChI=1S/C39H38F5N7O6S2/c1-20(47-31(52)6-4-3-5-30-35-29(19-58-30)49-38(55)50-35)15-21(2)48-32(53)14-7-22-16-25-26(18-46-37(25)45-17-22)36(54)33-27(40)12-13-28(34(33)41)51-59(56,57)24-10-8-23(9-11-24)39(42,43)44/h8-13,16-18,29-30,35,51H,3-7,14,19H2,1-2H3,(H,45,46)(H,47,52)(H,48,53)(H2,49,50,55). The Kier molecular flexibility index (Phi) is 12.8. The van der Waals surface area contributed by atoms with Crippen LogP contribution >= 0.6 is 11.8 Å². The third kappa shape index (κ3) is 10.3. The molecule has 2 aliphatic heterocycles. The Morgan fingerprint density at radius 3 is 2.36 bits per heavy atom. The highest BCUT2D eigenvalue weighted by atomic mass is 32.2. The first-order valence-electron chi connectivity index (χ1n) is 18.3. The summed E-state index contributed by atoms with van der Waals surface area (Å²) >= 11 is 1.82. The van der Waals surface area contributed by atoms with Crippen LogP contribution in [0.3, 0.4) is 0 Å². The maximum absolute atomic E-state index is 15.7. The summed E-state index contributed by atoms with van der Waals surface area (Å²) in [6, 6.07) is 5.46. The minimum Gasteiger partial charge on any atom is -0.345 e. The zero-order chi connectivity index (χ0) is 42.6. The van der Waals surface area contributed by atoms with E-state index in [0.717, 1.165) is 24.7 Å². The summed E-state index contributed by atoms with van der Waals surface area (Å²) in [5.41, 5.74) is 1.15. The van der Waals surface area contributed by atoms with Crippen molar-refractivity contribution in [2.24, 2.45) is 0 Å². The number of rotatable bonds is 15. The Labute approximate surface area is 339 Å². The average molecular weight is 860 g/mol. The molecule has 312 valence electrons. The molecule has 20 heteroatoms. The largest absolute Gasteiger partial charge is 0.416 e. The Morgan fingerprint density at radius 1 is 0.966 bits per heavy atom. The third-order valence-electron chi connectivity index (χ3n) is 9.64. The quantitative estimate of drug-likeness (QED) is 0.0268. The van der Waals surface area contributed by atoms with Crippen LogP contribution in [0.15, 0.2) is 76.9 Å². The van der Waals surface area contributed by atoms with Crippen molar-refractivity contribution in [2.75, 3.05) is 10.5 Å². The first-order chi connectivity index (χ1) is 27.9. The minimum atomic E-state index is -4.73. The van der Waals surface area contributed by atoms with Gasteiger partial charge >= 0.3 is 12.2 Å². The molecule has 0 bridgehead atoms. The Bertz CT molecular complexity index is 2490. The lowest BCUT2D eigenvalue weighted by Crippen LogP contribution is -2.36. The van der Waals surface area contributed by atoms with Gasteiger partial charge in [0, 0.05) is 47.2 Å². The molecule has 4 amide bonds. The van der Waals surface area contributed by atoms with Crippen LogP contribution in [0.5, 0.6) is 0 Å². The van der Waals surface area contributed by atoms with Gasteiger partial charge in [0.25, 0.3) is 10.0 Å². The van der Waals surface area contributed by atoms with E-state index < -0.39 is 55.3 Å². The number of H-pyrrole nitrogens is 1. The summed E-state index contributed by atoms with van der Waals surface area (Å²) in [5, 5.41) is 11.8. The van der Waals surface area contributed by atoms with Crippen LogP contribution in [-0.4, -0.2) is 65.1 Å². The maximum Gasteiger partial charge on any atom is 0.416 e. The van der Waals surface area contributed by atoms with Gasteiger partial charge < -0.3 is 26.3 Å². The number of aromatic nitrogens is 2.